The maximum atomic E-state index is 10.4. The summed E-state index contributed by atoms with van der Waals surface area (Å²) in [5, 5.41) is 10.4. The second-order valence-corrected chi connectivity index (χ2v) is 9.59. The molecule has 0 fully saturated rings. The Hall–Kier alpha value is -4.53. The van der Waals surface area contributed by atoms with Crippen molar-refractivity contribution < 1.29 is 26.2 Å². The van der Waals surface area contributed by atoms with Crippen molar-refractivity contribution in [2.75, 3.05) is 4.90 Å². The predicted octanol–water partition coefficient (Wildman–Crippen LogP) is 8.94. The minimum atomic E-state index is 0. The van der Waals surface area contributed by atoms with E-state index in [1.54, 1.807) is 6.07 Å². The summed E-state index contributed by atoms with van der Waals surface area (Å²) in [6.07, 6.45) is 1.84. The van der Waals surface area contributed by atoms with Crippen molar-refractivity contribution in [3.05, 3.63) is 157 Å². The number of rotatable bonds is 7. The first-order chi connectivity index (χ1) is 19.7. The first-order valence-electron chi connectivity index (χ1n) is 13.3. The van der Waals surface area contributed by atoms with E-state index in [-0.39, 0.29) is 32.7 Å². The van der Waals surface area contributed by atoms with E-state index in [2.05, 4.69) is 66.4 Å². The van der Waals surface area contributed by atoms with Gasteiger partial charge in [0.25, 0.3) is 0 Å². The van der Waals surface area contributed by atoms with Gasteiger partial charge in [-0.3, -0.25) is 4.98 Å². The molecule has 6 rings (SSSR count). The van der Waals surface area contributed by atoms with Crippen LogP contribution in [0.5, 0.6) is 5.75 Å². The molecule has 0 spiro atoms. The van der Waals surface area contributed by atoms with Gasteiger partial charge in [-0.2, -0.15) is 0 Å². The Labute approximate surface area is 255 Å². The maximum absolute atomic E-state index is 10.4. The average molecular weight is 714 g/mol. The number of para-hydroxylation sites is 2. The molecule has 0 aliphatic rings. The Balaban J connectivity index is 0.00000337. The number of nitrogens with zero attached hydrogens (tertiary/aromatic N) is 3. The largest absolute Gasteiger partial charge is 0.507 e. The topological polar surface area (TPSA) is 49.2 Å². The van der Waals surface area contributed by atoms with E-state index in [9.17, 15) is 5.11 Å². The molecule has 6 aromatic rings. The van der Waals surface area contributed by atoms with Gasteiger partial charge in [0, 0.05) is 50.0 Å². The van der Waals surface area contributed by atoms with Crippen molar-refractivity contribution in [1.29, 1.82) is 0 Å². The van der Waals surface area contributed by atoms with Crippen LogP contribution in [0, 0.1) is 6.07 Å². The van der Waals surface area contributed by atoms with Crippen molar-refractivity contribution in [1.82, 2.24) is 9.97 Å². The Morgan fingerprint density at radius 1 is 0.683 bits per heavy atom. The summed E-state index contributed by atoms with van der Waals surface area (Å²) in [6.45, 7) is 2.22. The molecule has 0 bridgehead atoms. The molecule has 0 radical (unpaired) electrons. The van der Waals surface area contributed by atoms with Gasteiger partial charge in [-0.25, -0.2) is 4.98 Å². The third-order valence-corrected chi connectivity index (χ3v) is 7.03. The van der Waals surface area contributed by atoms with Gasteiger partial charge in [-0.15, -0.1) is 29.8 Å². The molecule has 1 atom stereocenters. The standard InChI is InChI=1S/C36H28N3O.Pt/c1-26(27-13-4-2-5-14-27)31-20-12-24-37-36(31)39(29-16-6-3-7-17-29)30-18-10-15-28(25-30)33-21-11-22-34(38-33)32-19-8-9-23-35(32)40;/h2-24,26,40H,1H3;/q-1;. The molecular weight excluding hydrogens is 685 g/mol. The smallest absolute Gasteiger partial charge is 0.139 e. The second-order valence-electron chi connectivity index (χ2n) is 9.59. The number of aromatic hydroxyl groups is 1. The van der Waals surface area contributed by atoms with Crippen LogP contribution in [0.15, 0.2) is 140 Å². The van der Waals surface area contributed by atoms with E-state index in [1.807, 2.05) is 85.1 Å². The Morgan fingerprint density at radius 2 is 1.37 bits per heavy atom. The monoisotopic (exact) mass is 713 g/mol. The number of benzene rings is 4. The first-order valence-corrected chi connectivity index (χ1v) is 13.3. The summed E-state index contributed by atoms with van der Waals surface area (Å²) in [4.78, 5) is 11.9. The third kappa shape index (κ3) is 5.99. The summed E-state index contributed by atoms with van der Waals surface area (Å²) in [5.41, 5.74) is 7.23. The fourth-order valence-electron chi connectivity index (χ4n) is 4.97. The van der Waals surface area contributed by atoms with Gasteiger partial charge in [-0.1, -0.05) is 85.8 Å². The molecule has 204 valence electrons. The van der Waals surface area contributed by atoms with E-state index in [1.165, 1.54) is 5.56 Å². The maximum Gasteiger partial charge on any atom is 0.139 e. The third-order valence-electron chi connectivity index (χ3n) is 7.03. The van der Waals surface area contributed by atoms with Crippen molar-refractivity contribution in [3.8, 4) is 28.3 Å². The molecular formula is C36H28N3OPt-. The molecule has 41 heavy (non-hydrogen) atoms. The van der Waals surface area contributed by atoms with Gasteiger partial charge in [0.05, 0.1) is 5.69 Å². The number of hydrogen-bond donors (Lipinski definition) is 1. The number of phenols is 1. The molecule has 0 saturated carbocycles. The van der Waals surface area contributed by atoms with Gasteiger partial charge in [-0.05, 0) is 53.3 Å². The van der Waals surface area contributed by atoms with Gasteiger partial charge in [0.15, 0.2) is 0 Å². The molecule has 4 nitrogen and oxygen atoms in total. The minimum Gasteiger partial charge on any atom is -0.507 e. The van der Waals surface area contributed by atoms with Crippen LogP contribution < -0.4 is 4.90 Å². The summed E-state index contributed by atoms with van der Waals surface area (Å²) < 4.78 is 0. The van der Waals surface area contributed by atoms with Crippen molar-refractivity contribution in [2.45, 2.75) is 12.8 Å². The molecule has 4 aromatic carbocycles. The molecule has 1 unspecified atom stereocenters. The van der Waals surface area contributed by atoms with Crippen LogP contribution in [0.1, 0.15) is 24.0 Å². The van der Waals surface area contributed by atoms with Crippen LogP contribution in [0.4, 0.5) is 17.2 Å². The average Bonchev–Trinajstić information content (AvgIpc) is 3.02. The zero-order chi connectivity index (χ0) is 27.3. The normalized spacial score (nSPS) is 11.3. The summed E-state index contributed by atoms with van der Waals surface area (Å²) in [7, 11) is 0. The van der Waals surface area contributed by atoms with Crippen LogP contribution in [-0.4, -0.2) is 15.1 Å². The molecule has 0 saturated heterocycles. The zero-order valence-corrected chi connectivity index (χ0v) is 24.7. The Kier molecular flexibility index (Phi) is 8.72. The Morgan fingerprint density at radius 3 is 2.15 bits per heavy atom. The van der Waals surface area contributed by atoms with E-state index < -0.39 is 0 Å². The van der Waals surface area contributed by atoms with Gasteiger partial charge in [0.1, 0.15) is 11.6 Å². The van der Waals surface area contributed by atoms with Gasteiger partial charge < -0.3 is 10.0 Å². The molecule has 0 amide bonds. The summed E-state index contributed by atoms with van der Waals surface area (Å²) >= 11 is 0. The molecule has 2 heterocycles. The van der Waals surface area contributed by atoms with Gasteiger partial charge >= 0.3 is 0 Å². The van der Waals surface area contributed by atoms with Crippen LogP contribution in [0.3, 0.4) is 0 Å². The van der Waals surface area contributed by atoms with E-state index >= 15 is 0 Å². The van der Waals surface area contributed by atoms with Crippen molar-refractivity contribution in [2.24, 2.45) is 0 Å². The van der Waals surface area contributed by atoms with E-state index in [0.717, 1.165) is 34.0 Å². The number of phenolic OH excluding ortho intramolecular Hbond substituents is 1. The molecule has 0 aliphatic carbocycles. The second kappa shape index (κ2) is 12.8. The molecule has 1 N–H and O–H groups in total. The first kappa shape index (κ1) is 28.0. The zero-order valence-electron chi connectivity index (χ0n) is 22.5. The summed E-state index contributed by atoms with van der Waals surface area (Å²) in [6, 6.07) is 47.7. The van der Waals surface area contributed by atoms with Crippen LogP contribution in [0.2, 0.25) is 0 Å². The number of pyridine rings is 2. The predicted molar refractivity (Wildman–Crippen MR) is 162 cm³/mol. The fraction of sp³-hybridized carbons (Fsp3) is 0.0556. The fourth-order valence-corrected chi connectivity index (χ4v) is 4.97. The molecule has 2 aromatic heterocycles. The van der Waals surface area contributed by atoms with Crippen molar-refractivity contribution >= 4 is 17.2 Å². The van der Waals surface area contributed by atoms with Gasteiger partial charge in [0.2, 0.25) is 0 Å². The summed E-state index contributed by atoms with van der Waals surface area (Å²) in [5.74, 6) is 1.20. The minimum absolute atomic E-state index is 0. The van der Waals surface area contributed by atoms with Crippen LogP contribution >= 0.6 is 0 Å². The number of anilines is 3. The van der Waals surface area contributed by atoms with Crippen LogP contribution in [0.25, 0.3) is 22.5 Å². The number of hydrogen-bond acceptors (Lipinski definition) is 4. The SMILES string of the molecule is CC(c1ccccc1)c1cccnc1N(c1[c-]c(-c2cccc(-c3ccccc3O)n2)ccc1)c1ccccc1.[Pt]. The van der Waals surface area contributed by atoms with Crippen molar-refractivity contribution in [3.63, 3.8) is 0 Å². The van der Waals surface area contributed by atoms with E-state index in [0.29, 0.717) is 11.3 Å². The van der Waals surface area contributed by atoms with Crippen LogP contribution in [-0.2, 0) is 21.1 Å². The van der Waals surface area contributed by atoms with E-state index in [4.69, 9.17) is 9.97 Å². The Bertz CT molecular complexity index is 1740. The molecule has 5 heteroatoms. The molecule has 0 aliphatic heterocycles. The number of aromatic nitrogens is 2. The quantitative estimate of drug-likeness (QED) is 0.168.